The Morgan fingerprint density at radius 3 is 2.50 bits per heavy atom. The fraction of sp³-hybridized carbons (Fsp3) is 0.647. The molecule has 3 heteroatoms. The summed E-state index contributed by atoms with van der Waals surface area (Å²) >= 11 is 0. The summed E-state index contributed by atoms with van der Waals surface area (Å²) in [4.78, 5) is 0. The molecule has 2 aliphatic carbocycles. The van der Waals surface area contributed by atoms with Crippen molar-refractivity contribution >= 4 is 0 Å². The fourth-order valence-electron chi connectivity index (χ4n) is 3.27. The van der Waals surface area contributed by atoms with Crippen LogP contribution in [0.3, 0.4) is 0 Å². The van der Waals surface area contributed by atoms with Crippen LogP contribution in [-0.4, -0.2) is 6.61 Å². The zero-order chi connectivity index (χ0) is 14.0. The summed E-state index contributed by atoms with van der Waals surface area (Å²) in [5.41, 5.74) is 7.02. The van der Waals surface area contributed by atoms with Crippen LogP contribution >= 0.6 is 0 Å². The van der Waals surface area contributed by atoms with Gasteiger partial charge >= 0.3 is 0 Å². The van der Waals surface area contributed by atoms with Crippen LogP contribution in [0.15, 0.2) is 18.2 Å². The van der Waals surface area contributed by atoms with Gasteiger partial charge in [0.15, 0.2) is 11.6 Å². The van der Waals surface area contributed by atoms with Gasteiger partial charge in [0.05, 0.1) is 6.61 Å². The van der Waals surface area contributed by atoms with E-state index in [1.807, 2.05) is 6.07 Å². The molecule has 2 fully saturated rings. The highest BCUT2D eigenvalue weighted by atomic mass is 19.1. The first-order valence-electron chi connectivity index (χ1n) is 7.89. The van der Waals surface area contributed by atoms with E-state index in [2.05, 4.69) is 0 Å². The van der Waals surface area contributed by atoms with Crippen LogP contribution in [-0.2, 0) is 5.54 Å². The third-order valence-corrected chi connectivity index (χ3v) is 4.95. The summed E-state index contributed by atoms with van der Waals surface area (Å²) in [5.74, 6) is 0.727. The maximum atomic E-state index is 14.2. The molecule has 0 aromatic heterocycles. The summed E-state index contributed by atoms with van der Waals surface area (Å²) in [6, 6.07) is 5.29. The largest absolute Gasteiger partial charge is 0.490 e. The average molecular weight is 277 g/mol. The van der Waals surface area contributed by atoms with E-state index in [-0.39, 0.29) is 11.4 Å². The topological polar surface area (TPSA) is 35.2 Å². The number of ether oxygens (including phenoxy) is 1. The van der Waals surface area contributed by atoms with Gasteiger partial charge in [-0.25, -0.2) is 4.39 Å². The molecule has 2 aliphatic rings. The lowest BCUT2D eigenvalue weighted by Crippen LogP contribution is -2.38. The van der Waals surface area contributed by atoms with E-state index in [0.29, 0.717) is 18.3 Å². The lowest BCUT2D eigenvalue weighted by molar-refractivity contribution is 0.175. The van der Waals surface area contributed by atoms with Gasteiger partial charge < -0.3 is 10.5 Å². The molecular formula is C17H24FNO. The molecule has 0 aliphatic heterocycles. The predicted octanol–water partition coefficient (Wildman–Crippen LogP) is 4.12. The molecule has 0 saturated heterocycles. The summed E-state index contributed by atoms with van der Waals surface area (Å²) in [7, 11) is 0. The standard InChI is InChI=1S/C17H24FNO/c18-15-11-14(17(19)9-2-1-3-10-17)7-8-16(15)20-12-13-5-4-6-13/h7-8,11,13H,1-6,9-10,12,19H2. The van der Waals surface area contributed by atoms with E-state index in [9.17, 15) is 4.39 Å². The van der Waals surface area contributed by atoms with Crippen LogP contribution < -0.4 is 10.5 Å². The van der Waals surface area contributed by atoms with Gasteiger partial charge in [-0.15, -0.1) is 0 Å². The molecule has 0 spiro atoms. The fourth-order valence-corrected chi connectivity index (χ4v) is 3.27. The molecule has 20 heavy (non-hydrogen) atoms. The van der Waals surface area contributed by atoms with Crippen LogP contribution in [0.25, 0.3) is 0 Å². The van der Waals surface area contributed by atoms with Crippen molar-refractivity contribution in [1.29, 1.82) is 0 Å². The lowest BCUT2D eigenvalue weighted by Gasteiger charge is -2.34. The minimum Gasteiger partial charge on any atom is -0.490 e. The summed E-state index contributed by atoms with van der Waals surface area (Å²) in [6.45, 7) is 0.643. The van der Waals surface area contributed by atoms with Crippen LogP contribution in [0, 0.1) is 11.7 Å². The predicted molar refractivity (Wildman–Crippen MR) is 78.2 cm³/mol. The van der Waals surface area contributed by atoms with Gasteiger partial charge in [0, 0.05) is 5.54 Å². The molecule has 2 saturated carbocycles. The monoisotopic (exact) mass is 277 g/mol. The third-order valence-electron chi connectivity index (χ3n) is 4.95. The Morgan fingerprint density at radius 2 is 1.90 bits per heavy atom. The molecule has 1 aromatic rings. The van der Waals surface area contributed by atoms with Gasteiger partial charge in [-0.3, -0.25) is 0 Å². The summed E-state index contributed by atoms with van der Waals surface area (Å²) in [5, 5.41) is 0. The van der Waals surface area contributed by atoms with Gasteiger partial charge in [0.2, 0.25) is 0 Å². The first-order valence-corrected chi connectivity index (χ1v) is 7.89. The van der Waals surface area contributed by atoms with Gasteiger partial charge in [-0.2, -0.15) is 0 Å². The Bertz CT molecular complexity index is 464. The van der Waals surface area contributed by atoms with Crippen LogP contribution in [0.1, 0.15) is 56.9 Å². The first kappa shape index (κ1) is 13.9. The minimum atomic E-state index is -0.342. The zero-order valence-electron chi connectivity index (χ0n) is 12.0. The number of nitrogens with two attached hydrogens (primary N) is 1. The molecule has 1 aromatic carbocycles. The van der Waals surface area contributed by atoms with Crippen LogP contribution in [0.2, 0.25) is 0 Å². The molecule has 2 nitrogen and oxygen atoms in total. The Morgan fingerprint density at radius 1 is 1.15 bits per heavy atom. The second kappa shape index (κ2) is 5.72. The number of hydrogen-bond donors (Lipinski definition) is 1. The van der Waals surface area contributed by atoms with Crippen molar-refractivity contribution in [2.24, 2.45) is 11.7 Å². The van der Waals surface area contributed by atoms with Crippen molar-refractivity contribution in [3.05, 3.63) is 29.6 Å². The van der Waals surface area contributed by atoms with Crippen molar-refractivity contribution < 1.29 is 9.13 Å². The molecule has 0 atom stereocenters. The highest BCUT2D eigenvalue weighted by molar-refractivity contribution is 5.33. The van der Waals surface area contributed by atoms with E-state index >= 15 is 0 Å². The molecule has 0 bridgehead atoms. The second-order valence-electron chi connectivity index (χ2n) is 6.47. The molecular weight excluding hydrogens is 253 g/mol. The Hall–Kier alpha value is -1.09. The van der Waals surface area contributed by atoms with Crippen molar-refractivity contribution in [1.82, 2.24) is 0 Å². The van der Waals surface area contributed by atoms with Crippen molar-refractivity contribution in [2.45, 2.75) is 56.9 Å². The maximum Gasteiger partial charge on any atom is 0.165 e. The number of hydrogen-bond acceptors (Lipinski definition) is 2. The summed E-state index contributed by atoms with van der Waals surface area (Å²) in [6.07, 6.45) is 9.13. The quantitative estimate of drug-likeness (QED) is 0.898. The number of benzene rings is 1. The lowest BCUT2D eigenvalue weighted by atomic mass is 9.77. The maximum absolute atomic E-state index is 14.2. The van der Waals surface area contributed by atoms with E-state index in [1.54, 1.807) is 12.1 Å². The van der Waals surface area contributed by atoms with E-state index in [1.165, 1.54) is 25.7 Å². The molecule has 0 unspecified atom stereocenters. The minimum absolute atomic E-state index is 0.266. The Labute approximate surface area is 120 Å². The van der Waals surface area contributed by atoms with Gasteiger partial charge in [0.25, 0.3) is 0 Å². The van der Waals surface area contributed by atoms with Crippen LogP contribution in [0.4, 0.5) is 4.39 Å². The van der Waals surface area contributed by atoms with Crippen molar-refractivity contribution in [3.63, 3.8) is 0 Å². The Kier molecular flexibility index (Phi) is 3.97. The van der Waals surface area contributed by atoms with E-state index < -0.39 is 0 Å². The normalized spacial score (nSPS) is 22.3. The van der Waals surface area contributed by atoms with E-state index in [0.717, 1.165) is 31.2 Å². The van der Waals surface area contributed by atoms with E-state index in [4.69, 9.17) is 10.5 Å². The SMILES string of the molecule is NC1(c2ccc(OCC3CCC3)c(F)c2)CCCCC1. The van der Waals surface area contributed by atoms with Crippen molar-refractivity contribution in [3.8, 4) is 5.75 Å². The summed E-state index contributed by atoms with van der Waals surface area (Å²) < 4.78 is 19.8. The molecule has 110 valence electrons. The smallest absolute Gasteiger partial charge is 0.165 e. The van der Waals surface area contributed by atoms with Gasteiger partial charge in [-0.05, 0) is 49.3 Å². The van der Waals surface area contributed by atoms with Gasteiger partial charge in [-0.1, -0.05) is 31.7 Å². The first-order chi connectivity index (χ1) is 9.67. The highest BCUT2D eigenvalue weighted by Crippen LogP contribution is 2.36. The highest BCUT2D eigenvalue weighted by Gasteiger charge is 2.30. The molecule has 0 heterocycles. The van der Waals surface area contributed by atoms with Crippen molar-refractivity contribution in [2.75, 3.05) is 6.61 Å². The molecule has 3 rings (SSSR count). The number of halogens is 1. The third kappa shape index (κ3) is 2.83. The average Bonchev–Trinajstić information content (AvgIpc) is 2.39. The Balaban J connectivity index is 1.69. The van der Waals surface area contributed by atoms with Crippen LogP contribution in [0.5, 0.6) is 5.75 Å². The second-order valence-corrected chi connectivity index (χ2v) is 6.47. The molecule has 0 amide bonds. The molecule has 2 N–H and O–H groups in total. The molecule has 0 radical (unpaired) electrons. The number of rotatable bonds is 4. The van der Waals surface area contributed by atoms with Gasteiger partial charge in [0.1, 0.15) is 0 Å². The zero-order valence-corrected chi connectivity index (χ0v) is 12.0.